The van der Waals surface area contributed by atoms with E-state index < -0.39 is 21.4 Å². The SMILES string of the molecule is N#CC(c1ccc(Cl)cc1)c1ccc(N)c(NCC2CCN(S(=O)(=O)C(F)(F)F)CC2)c1. The number of hydrogen-bond donors (Lipinski definition) is 2. The van der Waals surface area contributed by atoms with Gasteiger partial charge in [0.25, 0.3) is 0 Å². The minimum absolute atomic E-state index is 0.0132. The topological polar surface area (TPSA) is 99.2 Å². The van der Waals surface area contributed by atoms with Gasteiger partial charge in [-0.05, 0) is 54.2 Å². The average molecular weight is 487 g/mol. The van der Waals surface area contributed by atoms with Crippen LogP contribution in [0.15, 0.2) is 42.5 Å². The van der Waals surface area contributed by atoms with E-state index in [0.29, 0.717) is 40.1 Å². The maximum atomic E-state index is 12.7. The van der Waals surface area contributed by atoms with E-state index in [1.54, 1.807) is 42.5 Å². The summed E-state index contributed by atoms with van der Waals surface area (Å²) in [6, 6.07) is 14.5. The average Bonchev–Trinajstić information content (AvgIpc) is 2.75. The van der Waals surface area contributed by atoms with Crippen molar-refractivity contribution in [3.05, 3.63) is 58.6 Å². The lowest BCUT2D eigenvalue weighted by Crippen LogP contribution is -2.45. The molecule has 0 aromatic heterocycles. The number of piperidine rings is 1. The van der Waals surface area contributed by atoms with Crippen molar-refractivity contribution in [2.75, 3.05) is 30.7 Å². The Morgan fingerprint density at radius 2 is 1.75 bits per heavy atom. The lowest BCUT2D eigenvalue weighted by atomic mass is 9.92. The third-order valence-electron chi connectivity index (χ3n) is 5.53. The second kappa shape index (κ2) is 9.57. The lowest BCUT2D eigenvalue weighted by Gasteiger charge is -2.31. The molecule has 2 aromatic rings. The van der Waals surface area contributed by atoms with Gasteiger partial charge in [-0.25, -0.2) is 8.42 Å². The molecule has 172 valence electrons. The number of anilines is 2. The van der Waals surface area contributed by atoms with Crippen molar-refractivity contribution in [3.63, 3.8) is 0 Å². The molecule has 0 radical (unpaired) electrons. The van der Waals surface area contributed by atoms with Crippen LogP contribution in [0.25, 0.3) is 0 Å². The minimum Gasteiger partial charge on any atom is -0.397 e. The summed E-state index contributed by atoms with van der Waals surface area (Å²) >= 11 is 5.92. The first-order valence-electron chi connectivity index (χ1n) is 9.87. The summed E-state index contributed by atoms with van der Waals surface area (Å²) in [6.07, 6.45) is 0.598. The summed E-state index contributed by atoms with van der Waals surface area (Å²) in [5.74, 6) is -0.537. The van der Waals surface area contributed by atoms with Gasteiger partial charge in [-0.15, -0.1) is 0 Å². The Bertz CT molecular complexity index is 1090. The van der Waals surface area contributed by atoms with Crippen molar-refractivity contribution in [1.82, 2.24) is 4.31 Å². The summed E-state index contributed by atoms with van der Waals surface area (Å²) in [7, 11) is -5.29. The Morgan fingerprint density at radius 1 is 1.16 bits per heavy atom. The molecule has 1 fully saturated rings. The zero-order chi connectivity index (χ0) is 23.5. The molecule has 1 unspecified atom stereocenters. The highest BCUT2D eigenvalue weighted by molar-refractivity contribution is 7.90. The molecule has 32 heavy (non-hydrogen) atoms. The number of nitrogens with one attached hydrogen (secondary N) is 1. The largest absolute Gasteiger partial charge is 0.511 e. The minimum atomic E-state index is -5.29. The Morgan fingerprint density at radius 3 is 2.31 bits per heavy atom. The molecule has 2 aromatic carbocycles. The molecule has 3 rings (SSSR count). The van der Waals surface area contributed by atoms with Gasteiger partial charge in [0.1, 0.15) is 0 Å². The Kier molecular flexibility index (Phi) is 7.22. The molecule has 3 N–H and O–H groups in total. The summed E-state index contributed by atoms with van der Waals surface area (Å²) < 4.78 is 61.7. The number of halogens is 4. The Balaban J connectivity index is 1.65. The zero-order valence-electron chi connectivity index (χ0n) is 16.9. The normalized spacial score (nSPS) is 17.0. The number of nitriles is 1. The van der Waals surface area contributed by atoms with E-state index in [-0.39, 0.29) is 19.0 Å². The number of nitrogen functional groups attached to an aromatic ring is 1. The lowest BCUT2D eigenvalue weighted by molar-refractivity contribution is -0.0496. The smallest absolute Gasteiger partial charge is 0.397 e. The fourth-order valence-electron chi connectivity index (χ4n) is 3.66. The van der Waals surface area contributed by atoms with Crippen LogP contribution in [0.4, 0.5) is 24.5 Å². The van der Waals surface area contributed by atoms with Crippen LogP contribution in [0.5, 0.6) is 0 Å². The van der Waals surface area contributed by atoms with Crippen molar-refractivity contribution in [2.45, 2.75) is 24.3 Å². The van der Waals surface area contributed by atoms with Crippen LogP contribution in [0.1, 0.15) is 29.9 Å². The van der Waals surface area contributed by atoms with Gasteiger partial charge < -0.3 is 11.1 Å². The van der Waals surface area contributed by atoms with E-state index in [1.165, 1.54) is 0 Å². The van der Waals surface area contributed by atoms with Gasteiger partial charge in [0.15, 0.2) is 0 Å². The standard InChI is InChI=1S/C21H22ClF3N4O2S/c22-17-4-1-15(2-5-17)18(12-26)16-3-6-19(27)20(11-16)28-13-14-7-9-29(10-8-14)32(30,31)21(23,24)25/h1-6,11,14,18,28H,7-10,13,27H2. The molecular weight excluding hydrogens is 465 g/mol. The molecule has 0 bridgehead atoms. The van der Waals surface area contributed by atoms with Gasteiger partial charge in [-0.2, -0.15) is 22.7 Å². The van der Waals surface area contributed by atoms with Gasteiger partial charge in [0, 0.05) is 24.7 Å². The molecule has 0 spiro atoms. The summed E-state index contributed by atoms with van der Waals surface area (Å²) in [5, 5.41) is 13.4. The summed E-state index contributed by atoms with van der Waals surface area (Å²) in [4.78, 5) is 0. The second-order valence-electron chi connectivity index (χ2n) is 7.63. The van der Waals surface area contributed by atoms with Crippen molar-refractivity contribution in [1.29, 1.82) is 5.26 Å². The third kappa shape index (κ3) is 5.28. The number of alkyl halides is 3. The number of benzene rings is 2. The summed E-state index contributed by atoms with van der Waals surface area (Å²) in [6.45, 7) is 0.0549. The van der Waals surface area contributed by atoms with Crippen LogP contribution < -0.4 is 11.1 Å². The van der Waals surface area contributed by atoms with Crippen LogP contribution in [0.2, 0.25) is 5.02 Å². The predicted octanol–water partition coefficient (Wildman–Crippen LogP) is 4.55. The van der Waals surface area contributed by atoms with E-state index in [1.807, 2.05) is 0 Å². The first-order valence-corrected chi connectivity index (χ1v) is 11.7. The molecule has 0 aliphatic carbocycles. The molecular formula is C21H22ClF3N4O2S. The highest BCUT2D eigenvalue weighted by Crippen LogP contribution is 2.32. The van der Waals surface area contributed by atoms with E-state index in [2.05, 4.69) is 11.4 Å². The Labute approximate surface area is 189 Å². The van der Waals surface area contributed by atoms with Crippen LogP contribution >= 0.6 is 11.6 Å². The highest BCUT2D eigenvalue weighted by Gasteiger charge is 2.50. The predicted molar refractivity (Wildman–Crippen MR) is 118 cm³/mol. The van der Waals surface area contributed by atoms with E-state index in [4.69, 9.17) is 17.3 Å². The molecule has 0 amide bonds. The van der Waals surface area contributed by atoms with E-state index in [9.17, 15) is 26.9 Å². The number of nitrogens with two attached hydrogens (primary N) is 1. The van der Waals surface area contributed by atoms with Gasteiger partial charge in [0.05, 0.1) is 23.4 Å². The van der Waals surface area contributed by atoms with Gasteiger partial charge in [0.2, 0.25) is 0 Å². The Hall–Kier alpha value is -2.48. The van der Waals surface area contributed by atoms with Crippen LogP contribution in [-0.4, -0.2) is 37.9 Å². The molecule has 1 aliphatic heterocycles. The molecule has 6 nitrogen and oxygen atoms in total. The molecule has 1 aliphatic rings. The van der Waals surface area contributed by atoms with Gasteiger partial charge in [-0.3, -0.25) is 0 Å². The number of hydrogen-bond acceptors (Lipinski definition) is 5. The number of nitrogens with zero attached hydrogens (tertiary/aromatic N) is 2. The summed E-state index contributed by atoms with van der Waals surface area (Å²) in [5.41, 5.74) is 3.37. The first kappa shape index (κ1) is 24.2. The molecule has 0 saturated carbocycles. The quantitative estimate of drug-likeness (QED) is 0.583. The molecule has 11 heteroatoms. The fraction of sp³-hybridized carbons (Fsp3) is 0.381. The first-order chi connectivity index (χ1) is 15.0. The maximum Gasteiger partial charge on any atom is 0.511 e. The monoisotopic (exact) mass is 486 g/mol. The highest BCUT2D eigenvalue weighted by atomic mass is 35.5. The van der Waals surface area contributed by atoms with Crippen LogP contribution in [0.3, 0.4) is 0 Å². The van der Waals surface area contributed by atoms with Crippen molar-refractivity contribution < 1.29 is 21.6 Å². The van der Waals surface area contributed by atoms with E-state index in [0.717, 1.165) is 11.1 Å². The number of rotatable bonds is 6. The molecule has 1 heterocycles. The zero-order valence-corrected chi connectivity index (χ0v) is 18.5. The van der Waals surface area contributed by atoms with Crippen LogP contribution in [0, 0.1) is 17.2 Å². The molecule has 1 saturated heterocycles. The van der Waals surface area contributed by atoms with Crippen molar-refractivity contribution >= 4 is 33.0 Å². The van der Waals surface area contributed by atoms with Gasteiger partial charge in [-0.1, -0.05) is 29.8 Å². The van der Waals surface area contributed by atoms with Crippen molar-refractivity contribution in [2.24, 2.45) is 5.92 Å². The van der Waals surface area contributed by atoms with Crippen molar-refractivity contribution in [3.8, 4) is 6.07 Å². The number of sulfonamides is 1. The fourth-order valence-corrected chi connectivity index (χ4v) is 4.77. The van der Waals surface area contributed by atoms with E-state index >= 15 is 0 Å². The molecule has 1 atom stereocenters. The second-order valence-corrected chi connectivity index (χ2v) is 10.0. The maximum absolute atomic E-state index is 12.7. The van der Waals surface area contributed by atoms with Gasteiger partial charge >= 0.3 is 15.5 Å². The third-order valence-corrected chi connectivity index (χ3v) is 7.41. The van der Waals surface area contributed by atoms with Crippen LogP contribution in [-0.2, 0) is 10.0 Å².